The zero-order valence-corrected chi connectivity index (χ0v) is 13.0. The van der Waals surface area contributed by atoms with Gasteiger partial charge >= 0.3 is 0 Å². The minimum atomic E-state index is -0.456. The summed E-state index contributed by atoms with van der Waals surface area (Å²) in [4.78, 5) is 16.2. The van der Waals surface area contributed by atoms with E-state index in [9.17, 15) is 4.79 Å². The van der Waals surface area contributed by atoms with Gasteiger partial charge in [-0.05, 0) is 36.4 Å². The van der Waals surface area contributed by atoms with Crippen molar-refractivity contribution in [1.82, 2.24) is 4.98 Å². The van der Waals surface area contributed by atoms with Crippen LogP contribution in [0.1, 0.15) is 27.3 Å². The smallest absolute Gasteiger partial charge is 0.274 e. The molecule has 0 atom stereocenters. The average Bonchev–Trinajstić information content (AvgIpc) is 3.17. The van der Waals surface area contributed by atoms with Crippen molar-refractivity contribution in [2.24, 2.45) is 0 Å². The summed E-state index contributed by atoms with van der Waals surface area (Å²) in [6, 6.07) is 13.0. The van der Waals surface area contributed by atoms with Gasteiger partial charge < -0.3 is 15.5 Å². The lowest BCUT2D eigenvalue weighted by molar-refractivity contribution is 0.102. The fourth-order valence-electron chi connectivity index (χ4n) is 2.23. The predicted molar refractivity (Wildman–Crippen MR) is 92.4 cm³/mol. The van der Waals surface area contributed by atoms with E-state index in [1.54, 1.807) is 30.3 Å². The molecule has 25 heavy (non-hydrogen) atoms. The highest BCUT2D eigenvalue weighted by Crippen LogP contribution is 2.22. The number of furan rings is 1. The van der Waals surface area contributed by atoms with E-state index >= 15 is 0 Å². The number of aromatic nitrogens is 1. The Morgan fingerprint density at radius 1 is 1.28 bits per heavy atom. The number of nitrogens with one attached hydrogen (secondary N) is 2. The molecule has 3 rings (SSSR count). The van der Waals surface area contributed by atoms with Crippen LogP contribution in [0.2, 0.25) is 0 Å². The molecule has 0 aliphatic rings. The number of nitrogens with zero attached hydrogens (tertiary/aromatic N) is 2. The Kier molecular flexibility index (Phi) is 4.26. The van der Waals surface area contributed by atoms with Gasteiger partial charge in [0.05, 0.1) is 18.2 Å². The maximum atomic E-state index is 12.3. The lowest BCUT2D eigenvalue weighted by atomic mass is 10.0. The molecule has 1 aromatic carbocycles. The van der Waals surface area contributed by atoms with Crippen LogP contribution in [0.5, 0.6) is 0 Å². The van der Waals surface area contributed by atoms with Crippen molar-refractivity contribution in [2.45, 2.75) is 0 Å². The Labute approximate surface area is 143 Å². The zero-order valence-electron chi connectivity index (χ0n) is 13.0. The first-order valence-corrected chi connectivity index (χ1v) is 7.28. The van der Waals surface area contributed by atoms with Crippen LogP contribution in [0.3, 0.4) is 0 Å². The Bertz CT molecular complexity index is 987. The topological polar surface area (TPSA) is 129 Å². The molecule has 0 aliphatic carbocycles. The summed E-state index contributed by atoms with van der Waals surface area (Å²) >= 11 is 0. The van der Waals surface area contributed by atoms with Crippen LogP contribution in [0.15, 0.2) is 59.4 Å². The van der Waals surface area contributed by atoms with E-state index < -0.39 is 5.91 Å². The standard InChI is InChI=1S/C18H13N5O2/c19-9-13-2-1-3-16(22-13)18(24)23-12-4-5-15(20)14(8-12)17(21)11-6-7-25-10-11/h1-8,10,21H,20H2,(H,23,24). The van der Waals surface area contributed by atoms with Gasteiger partial charge in [0.1, 0.15) is 17.5 Å². The molecule has 0 saturated heterocycles. The summed E-state index contributed by atoms with van der Waals surface area (Å²) in [5.41, 5.74) is 8.35. The van der Waals surface area contributed by atoms with Gasteiger partial charge in [0.25, 0.3) is 5.91 Å². The predicted octanol–water partition coefficient (Wildman–Crippen LogP) is 2.80. The first-order chi connectivity index (χ1) is 12.1. The second-order valence-electron chi connectivity index (χ2n) is 5.16. The molecule has 2 heterocycles. The van der Waals surface area contributed by atoms with Gasteiger partial charge in [-0.15, -0.1) is 0 Å². The van der Waals surface area contributed by atoms with Crippen LogP contribution in [0, 0.1) is 16.7 Å². The number of amides is 1. The van der Waals surface area contributed by atoms with Crippen molar-refractivity contribution >= 4 is 23.0 Å². The highest BCUT2D eigenvalue weighted by Gasteiger charge is 2.13. The summed E-state index contributed by atoms with van der Waals surface area (Å²) in [5.74, 6) is -0.456. The molecule has 0 fully saturated rings. The molecule has 0 aliphatic heterocycles. The first-order valence-electron chi connectivity index (χ1n) is 7.28. The van der Waals surface area contributed by atoms with Gasteiger partial charge in [0, 0.05) is 22.5 Å². The Morgan fingerprint density at radius 2 is 2.12 bits per heavy atom. The SMILES string of the molecule is N#Cc1cccc(C(=O)Nc2ccc(N)c(C(=N)c3ccoc3)c2)n1. The number of benzene rings is 1. The molecular formula is C18H13N5O2. The lowest BCUT2D eigenvalue weighted by Gasteiger charge is -2.10. The molecule has 0 spiro atoms. The number of anilines is 2. The van der Waals surface area contributed by atoms with E-state index in [2.05, 4.69) is 10.3 Å². The molecule has 4 N–H and O–H groups in total. The van der Waals surface area contributed by atoms with Crippen LogP contribution in [0.25, 0.3) is 0 Å². The Balaban J connectivity index is 1.86. The molecule has 1 amide bonds. The first kappa shape index (κ1) is 16.0. The molecule has 2 aromatic heterocycles. The summed E-state index contributed by atoms with van der Waals surface area (Å²) in [6.45, 7) is 0. The van der Waals surface area contributed by atoms with Crippen molar-refractivity contribution in [2.75, 3.05) is 11.1 Å². The third kappa shape index (κ3) is 3.38. The van der Waals surface area contributed by atoms with Gasteiger partial charge in [-0.3, -0.25) is 10.2 Å². The molecule has 0 radical (unpaired) electrons. The normalized spacial score (nSPS) is 10.0. The van der Waals surface area contributed by atoms with Crippen molar-refractivity contribution in [3.63, 3.8) is 0 Å². The average molecular weight is 331 g/mol. The number of carbonyl (C=O) groups is 1. The van der Waals surface area contributed by atoms with E-state index in [0.717, 1.165) is 0 Å². The summed E-state index contributed by atoms with van der Waals surface area (Å²) < 4.78 is 4.99. The number of nitrogen functional groups attached to an aromatic ring is 1. The van der Waals surface area contributed by atoms with Crippen LogP contribution in [-0.4, -0.2) is 16.6 Å². The van der Waals surface area contributed by atoms with Crippen LogP contribution in [-0.2, 0) is 0 Å². The second-order valence-corrected chi connectivity index (χ2v) is 5.16. The van der Waals surface area contributed by atoms with Crippen LogP contribution in [0.4, 0.5) is 11.4 Å². The second kappa shape index (κ2) is 6.68. The van der Waals surface area contributed by atoms with E-state index in [1.165, 1.54) is 24.7 Å². The third-order valence-corrected chi connectivity index (χ3v) is 3.49. The van der Waals surface area contributed by atoms with Gasteiger partial charge in [0.15, 0.2) is 0 Å². The largest absolute Gasteiger partial charge is 0.472 e. The highest BCUT2D eigenvalue weighted by atomic mass is 16.3. The monoisotopic (exact) mass is 331 g/mol. The number of pyridine rings is 1. The number of nitrogens with two attached hydrogens (primary N) is 1. The van der Waals surface area contributed by atoms with Crippen LogP contribution < -0.4 is 11.1 Å². The minimum absolute atomic E-state index is 0.127. The molecule has 3 aromatic rings. The van der Waals surface area contributed by atoms with Crippen molar-refractivity contribution in [3.8, 4) is 6.07 Å². The molecule has 0 bridgehead atoms. The van der Waals surface area contributed by atoms with Crippen molar-refractivity contribution < 1.29 is 9.21 Å². The maximum Gasteiger partial charge on any atom is 0.274 e. The van der Waals surface area contributed by atoms with E-state index in [0.29, 0.717) is 22.5 Å². The minimum Gasteiger partial charge on any atom is -0.472 e. The highest BCUT2D eigenvalue weighted by molar-refractivity contribution is 6.14. The molecule has 122 valence electrons. The van der Waals surface area contributed by atoms with Gasteiger partial charge in [-0.2, -0.15) is 5.26 Å². The number of rotatable bonds is 4. The Morgan fingerprint density at radius 3 is 2.84 bits per heavy atom. The van der Waals surface area contributed by atoms with E-state index in [4.69, 9.17) is 20.8 Å². The van der Waals surface area contributed by atoms with Gasteiger partial charge in [0.2, 0.25) is 0 Å². The molecule has 7 heteroatoms. The fourth-order valence-corrected chi connectivity index (χ4v) is 2.23. The molecular weight excluding hydrogens is 318 g/mol. The molecule has 0 saturated carbocycles. The molecule has 0 unspecified atom stereocenters. The zero-order chi connectivity index (χ0) is 17.8. The molecule has 7 nitrogen and oxygen atoms in total. The number of hydrogen-bond acceptors (Lipinski definition) is 6. The number of hydrogen-bond donors (Lipinski definition) is 3. The summed E-state index contributed by atoms with van der Waals surface area (Å²) in [5, 5.41) is 19.8. The number of nitriles is 1. The maximum absolute atomic E-state index is 12.3. The van der Waals surface area contributed by atoms with E-state index in [1.807, 2.05) is 6.07 Å². The summed E-state index contributed by atoms with van der Waals surface area (Å²) in [6.07, 6.45) is 2.92. The lowest BCUT2D eigenvalue weighted by Crippen LogP contribution is -2.15. The summed E-state index contributed by atoms with van der Waals surface area (Å²) in [7, 11) is 0. The van der Waals surface area contributed by atoms with Gasteiger partial charge in [-0.25, -0.2) is 4.98 Å². The van der Waals surface area contributed by atoms with E-state index in [-0.39, 0.29) is 17.1 Å². The van der Waals surface area contributed by atoms with Gasteiger partial charge in [-0.1, -0.05) is 6.07 Å². The quantitative estimate of drug-likeness (QED) is 0.500. The third-order valence-electron chi connectivity index (χ3n) is 3.49. The van der Waals surface area contributed by atoms with Crippen LogP contribution >= 0.6 is 0 Å². The van der Waals surface area contributed by atoms with Crippen molar-refractivity contribution in [1.29, 1.82) is 10.7 Å². The Hall–Kier alpha value is -3.92. The number of carbonyl (C=O) groups excluding carboxylic acids is 1. The fraction of sp³-hybridized carbons (Fsp3) is 0. The van der Waals surface area contributed by atoms with Crippen molar-refractivity contribution in [3.05, 3.63) is 77.5 Å².